The zero-order valence-electron chi connectivity index (χ0n) is 38.1. The van der Waals surface area contributed by atoms with E-state index >= 15 is 0 Å². The van der Waals surface area contributed by atoms with Crippen LogP contribution in [0.5, 0.6) is 0 Å². The zero-order valence-corrected chi connectivity index (χ0v) is 39.7. The molecule has 0 aliphatic carbocycles. The second kappa shape index (κ2) is 14.1. The highest BCUT2D eigenvalue weighted by molar-refractivity contribution is 7.22. The molecule has 0 unspecified atom stereocenters. The van der Waals surface area contributed by atoms with Crippen molar-refractivity contribution >= 4 is 122 Å². The highest BCUT2D eigenvalue weighted by Crippen LogP contribution is 2.50. The summed E-state index contributed by atoms with van der Waals surface area (Å²) in [5.74, 6) is 0. The summed E-state index contributed by atoms with van der Waals surface area (Å²) in [6, 6.07) is 58.5. The van der Waals surface area contributed by atoms with Gasteiger partial charge in [-0.05, 0) is 147 Å². The maximum Gasteiger partial charge on any atom is 0.342 e. The highest BCUT2D eigenvalue weighted by Gasteiger charge is 2.50. The summed E-state index contributed by atoms with van der Waals surface area (Å²) in [7, 11) is 0. The highest BCUT2D eigenvalue weighted by atomic mass is 32.1. The lowest BCUT2D eigenvalue weighted by atomic mass is 9.37. The molecule has 0 bridgehead atoms. The fourth-order valence-corrected chi connectivity index (χ4v) is 12.5. The van der Waals surface area contributed by atoms with Crippen molar-refractivity contribution in [3.63, 3.8) is 0 Å². The van der Waals surface area contributed by atoms with Gasteiger partial charge in [-0.2, -0.15) is 0 Å². The number of thiophene rings is 2. The van der Waals surface area contributed by atoms with Crippen LogP contribution in [0.2, 0.25) is 0 Å². The summed E-state index contributed by atoms with van der Waals surface area (Å²) in [6.07, 6.45) is 0. The molecule has 0 fully saturated rings. The van der Waals surface area contributed by atoms with Gasteiger partial charge in [-0.1, -0.05) is 114 Å². The Morgan fingerprint density at radius 1 is 0.470 bits per heavy atom. The molecule has 0 saturated carbocycles. The maximum atomic E-state index is 7.26. The van der Waals surface area contributed by atoms with Gasteiger partial charge < -0.3 is 18.6 Å². The predicted molar refractivity (Wildman–Crippen MR) is 284 cm³/mol. The number of rotatable bonds is 4. The molecule has 4 nitrogen and oxygen atoms in total. The monoisotopic (exact) mass is 890 g/mol. The van der Waals surface area contributed by atoms with E-state index in [4.69, 9.17) is 8.83 Å². The standard InChI is InChI=1S/C59H47BN2O2S2/c1-34-28-45-53-46(29-34)62(42-24-18-36(19-25-42)52-31-38-13-9-11-15-50(38)66-52)55-44-33-40(59(5,6)7)21-27-48(44)64-57(55)60(53)56-54(43-32-39(58(2,3)4)20-26-47(43)63-56)61(45)41-22-16-35(17-23-41)51-30-37-12-8-10-14-49(37)65-51/h8-33H,1-7H3. The van der Waals surface area contributed by atoms with Crippen LogP contribution in [0.4, 0.5) is 34.1 Å². The Hall–Kier alpha value is -6.80. The molecule has 320 valence electrons. The van der Waals surface area contributed by atoms with Crippen molar-refractivity contribution < 1.29 is 8.83 Å². The number of nitrogens with zero attached hydrogens (tertiary/aromatic N) is 2. The van der Waals surface area contributed by atoms with Gasteiger partial charge in [-0.15, -0.1) is 22.7 Å². The molecule has 0 saturated heterocycles. The molecule has 0 radical (unpaired) electrons. The summed E-state index contributed by atoms with van der Waals surface area (Å²) in [5, 5.41) is 4.76. The van der Waals surface area contributed by atoms with E-state index in [9.17, 15) is 0 Å². The molecule has 7 heteroatoms. The van der Waals surface area contributed by atoms with Crippen LogP contribution in [0.3, 0.4) is 0 Å². The first-order valence-electron chi connectivity index (χ1n) is 22.9. The molecule has 13 rings (SSSR count). The SMILES string of the molecule is Cc1cc2c3c(c1)N(c1ccc(-c4cc5ccccc5s4)cc1)c1c(oc4ccc(C(C)(C)C)cc14)B3c1oc3ccc(C(C)(C)C)cc3c1N2c1ccc(-c2cc3ccccc3s2)cc1. The summed E-state index contributed by atoms with van der Waals surface area (Å²) < 4.78 is 17.1. The average molecular weight is 891 g/mol. The third-order valence-corrected chi connectivity index (χ3v) is 16.1. The lowest BCUT2D eigenvalue weighted by Crippen LogP contribution is -2.60. The van der Waals surface area contributed by atoms with E-state index in [1.165, 1.54) is 63.2 Å². The topological polar surface area (TPSA) is 32.8 Å². The molecule has 0 amide bonds. The van der Waals surface area contributed by atoms with E-state index < -0.39 is 0 Å². The Morgan fingerprint density at radius 3 is 1.30 bits per heavy atom. The van der Waals surface area contributed by atoms with Crippen LogP contribution in [0.25, 0.3) is 63.0 Å². The summed E-state index contributed by atoms with van der Waals surface area (Å²) in [5.41, 5.74) is 17.3. The number of hydrogen-bond acceptors (Lipinski definition) is 6. The Bertz CT molecular complexity index is 3450. The molecule has 0 spiro atoms. The van der Waals surface area contributed by atoms with E-state index in [0.29, 0.717) is 0 Å². The van der Waals surface area contributed by atoms with Gasteiger partial charge >= 0.3 is 6.71 Å². The quantitative estimate of drug-likeness (QED) is 0.165. The van der Waals surface area contributed by atoms with Crippen molar-refractivity contribution in [3.05, 3.63) is 174 Å². The Morgan fingerprint density at radius 2 is 0.894 bits per heavy atom. The van der Waals surface area contributed by atoms with Crippen molar-refractivity contribution in [3.8, 4) is 20.9 Å². The predicted octanol–water partition coefficient (Wildman–Crippen LogP) is 15.9. The summed E-state index contributed by atoms with van der Waals surface area (Å²) in [6.45, 7) is 15.7. The van der Waals surface area contributed by atoms with Crippen LogP contribution in [-0.4, -0.2) is 6.71 Å². The molecule has 2 aliphatic rings. The first-order chi connectivity index (χ1) is 31.9. The van der Waals surface area contributed by atoms with Crippen LogP contribution in [0.15, 0.2) is 167 Å². The molecule has 7 aromatic carbocycles. The Labute approximate surface area is 393 Å². The Balaban J connectivity index is 1.06. The van der Waals surface area contributed by atoms with Crippen LogP contribution in [0, 0.1) is 6.92 Å². The molecular formula is C59H47BN2O2S2. The number of aryl methyl sites for hydroxylation is 1. The van der Waals surface area contributed by atoms with Crippen molar-refractivity contribution in [2.24, 2.45) is 0 Å². The van der Waals surface area contributed by atoms with Crippen molar-refractivity contribution in [2.45, 2.75) is 59.3 Å². The van der Waals surface area contributed by atoms with E-state index in [2.05, 4.69) is 216 Å². The van der Waals surface area contributed by atoms with Gasteiger partial charge in [0.1, 0.15) is 22.5 Å². The third-order valence-electron chi connectivity index (χ3n) is 13.8. The molecule has 4 aromatic heterocycles. The van der Waals surface area contributed by atoms with Crippen LogP contribution >= 0.6 is 22.7 Å². The minimum atomic E-state index is -0.292. The van der Waals surface area contributed by atoms with E-state index in [0.717, 1.165) is 67.4 Å². The lowest BCUT2D eigenvalue weighted by Gasteiger charge is -2.41. The first-order valence-corrected chi connectivity index (χ1v) is 24.6. The molecule has 2 aliphatic heterocycles. The van der Waals surface area contributed by atoms with Gasteiger partial charge in [0.05, 0.1) is 11.4 Å². The van der Waals surface area contributed by atoms with Crippen molar-refractivity contribution in [1.29, 1.82) is 0 Å². The minimum absolute atomic E-state index is 0.0556. The van der Waals surface area contributed by atoms with Crippen LogP contribution in [0.1, 0.15) is 58.2 Å². The molecule has 0 N–H and O–H groups in total. The fraction of sp³-hybridized carbons (Fsp3) is 0.153. The normalized spacial score (nSPS) is 13.6. The summed E-state index contributed by atoms with van der Waals surface area (Å²) >= 11 is 3.68. The molecule has 11 aromatic rings. The van der Waals surface area contributed by atoms with Crippen LogP contribution in [-0.2, 0) is 10.8 Å². The van der Waals surface area contributed by atoms with E-state index in [1.807, 2.05) is 22.7 Å². The number of furan rings is 2. The second-order valence-corrected chi connectivity index (χ2v) is 22.4. The maximum absolute atomic E-state index is 7.26. The smallest absolute Gasteiger partial charge is 0.342 e. The van der Waals surface area contributed by atoms with Gasteiger partial charge in [0.15, 0.2) is 0 Å². The van der Waals surface area contributed by atoms with Crippen molar-refractivity contribution in [2.75, 3.05) is 9.80 Å². The van der Waals surface area contributed by atoms with Gasteiger partial charge in [0.2, 0.25) is 0 Å². The van der Waals surface area contributed by atoms with Crippen molar-refractivity contribution in [1.82, 2.24) is 0 Å². The van der Waals surface area contributed by atoms with Crippen LogP contribution < -0.4 is 26.6 Å². The van der Waals surface area contributed by atoms with Gasteiger partial charge in [0.25, 0.3) is 0 Å². The van der Waals surface area contributed by atoms with Gasteiger partial charge in [-0.25, -0.2) is 0 Å². The molecule has 6 heterocycles. The average Bonchev–Trinajstić information content (AvgIpc) is 4.11. The first kappa shape index (κ1) is 39.6. The van der Waals surface area contributed by atoms with Gasteiger partial charge in [-0.3, -0.25) is 0 Å². The van der Waals surface area contributed by atoms with E-state index in [1.54, 1.807) is 0 Å². The zero-order chi connectivity index (χ0) is 44.8. The number of hydrogen-bond donors (Lipinski definition) is 0. The lowest BCUT2D eigenvalue weighted by molar-refractivity contribution is 0.590. The van der Waals surface area contributed by atoms with E-state index in [-0.39, 0.29) is 17.5 Å². The third kappa shape index (κ3) is 6.02. The minimum Gasteiger partial charge on any atom is -0.468 e. The molecular weight excluding hydrogens is 844 g/mol. The second-order valence-electron chi connectivity index (χ2n) is 20.3. The number of fused-ring (bicyclic) bond motifs is 10. The number of anilines is 6. The molecule has 0 atom stereocenters. The summed E-state index contributed by atoms with van der Waals surface area (Å²) in [4.78, 5) is 7.47. The van der Waals surface area contributed by atoms with Gasteiger partial charge in [0, 0.05) is 52.7 Å². The largest absolute Gasteiger partial charge is 0.468 e. The fourth-order valence-electron chi connectivity index (χ4n) is 10.4. The Kier molecular flexibility index (Phi) is 8.45. The number of benzene rings is 7. The molecule has 66 heavy (non-hydrogen) atoms.